The largest absolute Gasteiger partial charge is 0.488 e. The van der Waals surface area contributed by atoms with Gasteiger partial charge < -0.3 is 4.74 Å². The zero-order chi connectivity index (χ0) is 31.1. The van der Waals surface area contributed by atoms with E-state index in [1.165, 1.54) is 0 Å². The molecule has 0 fully saturated rings. The fourth-order valence-corrected chi connectivity index (χ4v) is 5.09. The van der Waals surface area contributed by atoms with Gasteiger partial charge in [0.2, 0.25) is 5.82 Å². The minimum Gasteiger partial charge on any atom is -0.488 e. The van der Waals surface area contributed by atoms with Gasteiger partial charge in [-0.15, -0.1) is 0 Å². The summed E-state index contributed by atoms with van der Waals surface area (Å²) in [5.74, 6) is -13.1. The van der Waals surface area contributed by atoms with Crippen LogP contribution in [0.4, 0.5) is 48.3 Å². The number of nitrogens with zero attached hydrogens (tertiary/aromatic N) is 1. The van der Waals surface area contributed by atoms with Crippen molar-refractivity contribution in [2.45, 2.75) is 37.7 Å². The van der Waals surface area contributed by atoms with Crippen molar-refractivity contribution in [2.24, 2.45) is 0 Å². The molecule has 4 rings (SSSR count). The van der Waals surface area contributed by atoms with E-state index in [0.29, 0.717) is 18.3 Å². The third kappa shape index (κ3) is 5.96. The first-order chi connectivity index (χ1) is 18.9. The molecular weight excluding hydrogens is 603 g/mol. The van der Waals surface area contributed by atoms with Gasteiger partial charge in [-0.1, -0.05) is 19.9 Å². The molecule has 0 unspecified atom stereocenters. The summed E-state index contributed by atoms with van der Waals surface area (Å²) < 4.78 is 179. The topological polar surface area (TPSA) is 48.3 Å². The predicted molar refractivity (Wildman–Crippen MR) is 123 cm³/mol. The van der Waals surface area contributed by atoms with Gasteiger partial charge in [0.25, 0.3) is 10.0 Å². The summed E-state index contributed by atoms with van der Waals surface area (Å²) in [5, 5.41) is -0.173. The van der Waals surface area contributed by atoms with Crippen LogP contribution in [0.15, 0.2) is 53.6 Å². The summed E-state index contributed by atoms with van der Waals surface area (Å²) in [5.41, 5.74) is -4.18. The summed E-state index contributed by atoms with van der Waals surface area (Å²) in [6.45, 7) is 3.14. The second-order valence-electron chi connectivity index (χ2n) is 7.91. The lowest BCUT2D eigenvalue weighted by Gasteiger charge is -2.15. The van der Waals surface area contributed by atoms with Gasteiger partial charge >= 0.3 is 12.4 Å². The first-order valence-corrected chi connectivity index (χ1v) is 12.7. The van der Waals surface area contributed by atoms with E-state index in [1.54, 1.807) is 0 Å². The molecule has 0 aliphatic heterocycles. The van der Waals surface area contributed by atoms with E-state index in [9.17, 15) is 56.7 Å². The first kappa shape index (κ1) is 31.7. The number of rotatable bonds is 5. The molecule has 0 atom stereocenters. The van der Waals surface area contributed by atoms with E-state index in [0.717, 1.165) is 24.3 Å². The highest BCUT2D eigenvalue weighted by Gasteiger charge is 2.37. The first-order valence-electron chi connectivity index (χ1n) is 11.2. The minimum atomic E-state index is -5.46. The SMILES string of the molecule is CC.O=S(=O)(c1c(F)c(F)c(F)c(F)c1F)n1ccc2c(OCc3cc(C(F)(F)F)cc(C(F)(F)F)c3)cccc21. The summed E-state index contributed by atoms with van der Waals surface area (Å²) >= 11 is 0. The van der Waals surface area contributed by atoms with Crippen molar-refractivity contribution in [3.8, 4) is 5.75 Å². The van der Waals surface area contributed by atoms with Crippen molar-refractivity contribution in [3.63, 3.8) is 0 Å². The van der Waals surface area contributed by atoms with Crippen molar-refractivity contribution >= 4 is 20.9 Å². The molecular formula is C25H16F11NO3S. The van der Waals surface area contributed by atoms with E-state index in [-0.39, 0.29) is 21.2 Å². The highest BCUT2D eigenvalue weighted by Crippen LogP contribution is 2.37. The van der Waals surface area contributed by atoms with E-state index >= 15 is 0 Å². The monoisotopic (exact) mass is 619 g/mol. The molecule has 0 amide bonds. The number of halogens is 11. The zero-order valence-corrected chi connectivity index (χ0v) is 21.4. The van der Waals surface area contributed by atoms with Gasteiger partial charge in [-0.2, -0.15) is 26.3 Å². The Hall–Kier alpha value is -3.82. The third-order valence-corrected chi connectivity index (χ3v) is 7.10. The number of fused-ring (bicyclic) bond motifs is 1. The molecule has 0 bridgehead atoms. The van der Waals surface area contributed by atoms with Gasteiger partial charge in [-0.25, -0.2) is 34.3 Å². The van der Waals surface area contributed by atoms with Crippen molar-refractivity contribution in [3.05, 3.63) is 94.4 Å². The van der Waals surface area contributed by atoms with Crippen molar-refractivity contribution < 1.29 is 61.4 Å². The van der Waals surface area contributed by atoms with Gasteiger partial charge in [-0.05, 0) is 42.0 Å². The van der Waals surface area contributed by atoms with Crippen LogP contribution in [-0.2, 0) is 29.0 Å². The molecule has 1 heterocycles. The van der Waals surface area contributed by atoms with Crippen LogP contribution in [0, 0.1) is 29.1 Å². The van der Waals surface area contributed by atoms with Gasteiger partial charge in [-0.3, -0.25) is 0 Å². The van der Waals surface area contributed by atoms with Crippen LogP contribution in [0.25, 0.3) is 10.9 Å². The Morgan fingerprint density at radius 2 is 1.22 bits per heavy atom. The number of hydrogen-bond donors (Lipinski definition) is 0. The highest BCUT2D eigenvalue weighted by molar-refractivity contribution is 7.90. The van der Waals surface area contributed by atoms with Crippen LogP contribution in [0.2, 0.25) is 0 Å². The lowest BCUT2D eigenvalue weighted by atomic mass is 10.1. The summed E-state index contributed by atoms with van der Waals surface area (Å²) in [6, 6.07) is 5.00. The van der Waals surface area contributed by atoms with Crippen molar-refractivity contribution in [1.82, 2.24) is 3.97 Å². The summed E-state index contributed by atoms with van der Waals surface area (Å²) in [4.78, 5) is -2.15. The molecule has 3 aromatic carbocycles. The van der Waals surface area contributed by atoms with Crippen LogP contribution in [-0.4, -0.2) is 12.4 Å². The molecule has 4 nitrogen and oxygen atoms in total. The van der Waals surface area contributed by atoms with E-state index in [1.807, 2.05) is 13.8 Å². The van der Waals surface area contributed by atoms with Crippen LogP contribution < -0.4 is 4.74 Å². The summed E-state index contributed by atoms with van der Waals surface area (Å²) in [6.07, 6.45) is -9.56. The fourth-order valence-electron chi connectivity index (χ4n) is 3.62. The minimum absolute atomic E-state index is 0.0887. The highest BCUT2D eigenvalue weighted by atomic mass is 32.2. The molecule has 0 N–H and O–H groups in total. The lowest BCUT2D eigenvalue weighted by Crippen LogP contribution is -2.18. The lowest BCUT2D eigenvalue weighted by molar-refractivity contribution is -0.143. The number of aromatic nitrogens is 1. The summed E-state index contributed by atoms with van der Waals surface area (Å²) in [7, 11) is -5.46. The second kappa shape index (κ2) is 11.2. The van der Waals surface area contributed by atoms with Crippen molar-refractivity contribution in [2.75, 3.05) is 0 Å². The van der Waals surface area contributed by atoms with Gasteiger partial charge in [0, 0.05) is 11.6 Å². The average Bonchev–Trinajstić information content (AvgIpc) is 3.35. The van der Waals surface area contributed by atoms with Crippen LogP contribution in [0.5, 0.6) is 5.75 Å². The third-order valence-electron chi connectivity index (χ3n) is 5.39. The maximum Gasteiger partial charge on any atom is 0.416 e. The Labute approximate surface area is 224 Å². The molecule has 41 heavy (non-hydrogen) atoms. The Balaban J connectivity index is 0.00000226. The Kier molecular flexibility index (Phi) is 8.67. The predicted octanol–water partition coefficient (Wildman–Crippen LogP) is 8.22. The quantitative estimate of drug-likeness (QED) is 0.129. The molecule has 4 aromatic rings. The second-order valence-corrected chi connectivity index (χ2v) is 9.66. The van der Waals surface area contributed by atoms with E-state index in [4.69, 9.17) is 4.74 Å². The van der Waals surface area contributed by atoms with Gasteiger partial charge in [0.05, 0.1) is 16.6 Å². The molecule has 0 aliphatic rings. The standard InChI is InChI=1S/C23H10F11NO3S.C2H6/c24-16-17(25)19(27)21(20(28)18(16)26)39(36,37)35-5-4-13-14(35)2-1-3-15(13)38-9-10-6-11(22(29,30)31)8-12(7-10)23(32,33)34;1-2/h1-8H,9H2;1-2H3. The smallest absolute Gasteiger partial charge is 0.416 e. The Morgan fingerprint density at radius 3 is 1.71 bits per heavy atom. The number of benzene rings is 3. The number of alkyl halides is 6. The molecule has 0 saturated carbocycles. The molecule has 0 saturated heterocycles. The van der Waals surface area contributed by atoms with Gasteiger partial charge in [0.1, 0.15) is 12.4 Å². The normalized spacial score (nSPS) is 12.3. The Morgan fingerprint density at radius 1 is 0.732 bits per heavy atom. The van der Waals surface area contributed by atoms with E-state index < -0.39 is 85.2 Å². The van der Waals surface area contributed by atoms with Gasteiger partial charge in [0.15, 0.2) is 28.2 Å². The zero-order valence-electron chi connectivity index (χ0n) is 20.6. The molecule has 222 valence electrons. The maximum absolute atomic E-state index is 14.2. The molecule has 0 radical (unpaired) electrons. The molecule has 1 aromatic heterocycles. The van der Waals surface area contributed by atoms with Crippen LogP contribution in [0.1, 0.15) is 30.5 Å². The molecule has 0 spiro atoms. The van der Waals surface area contributed by atoms with Crippen molar-refractivity contribution in [1.29, 1.82) is 0 Å². The number of hydrogen-bond acceptors (Lipinski definition) is 3. The number of ether oxygens (including phenoxy) is 1. The molecule has 0 aliphatic carbocycles. The maximum atomic E-state index is 14.2. The van der Waals surface area contributed by atoms with Crippen LogP contribution in [0.3, 0.4) is 0 Å². The van der Waals surface area contributed by atoms with Crippen LogP contribution >= 0.6 is 0 Å². The average molecular weight is 619 g/mol. The molecule has 16 heteroatoms. The Bertz CT molecular complexity index is 1650. The van der Waals surface area contributed by atoms with E-state index in [2.05, 4.69) is 0 Å². The fraction of sp³-hybridized carbons (Fsp3) is 0.200.